The molecule has 0 saturated heterocycles. The number of carbonyl (C=O) groups is 1. The van der Waals surface area contributed by atoms with E-state index in [1.54, 1.807) is 0 Å². The first-order valence-corrected chi connectivity index (χ1v) is 6.36. The molecular weight excluding hydrogens is 200 g/mol. The highest BCUT2D eigenvalue weighted by atomic mass is 16.1. The molecule has 86 valence electrons. The molecule has 3 rings (SSSR count). The van der Waals surface area contributed by atoms with Crippen LogP contribution < -0.4 is 0 Å². The lowest BCUT2D eigenvalue weighted by Gasteiger charge is -2.14. The van der Waals surface area contributed by atoms with Gasteiger partial charge in [-0.2, -0.15) is 5.10 Å². The van der Waals surface area contributed by atoms with Crippen molar-refractivity contribution in [3.05, 3.63) is 17.0 Å². The zero-order valence-electron chi connectivity index (χ0n) is 9.83. The number of rotatable bonds is 1. The molecule has 0 spiro atoms. The third-order valence-electron chi connectivity index (χ3n) is 4.00. The molecule has 0 atom stereocenters. The largest absolute Gasteiger partial charge is 0.294 e. The smallest absolute Gasteiger partial charge is 0.166 e. The minimum Gasteiger partial charge on any atom is -0.294 e. The second-order valence-corrected chi connectivity index (χ2v) is 5.09. The first-order valence-electron chi connectivity index (χ1n) is 6.36. The Morgan fingerprint density at radius 1 is 1.19 bits per heavy atom. The Kier molecular flexibility index (Phi) is 2.34. The molecule has 0 radical (unpaired) electrons. The summed E-state index contributed by atoms with van der Waals surface area (Å²) in [5, 5.41) is 4.54. The molecule has 0 N–H and O–H groups in total. The number of hydrogen-bond acceptors (Lipinski definition) is 2. The Hall–Kier alpha value is -1.12. The van der Waals surface area contributed by atoms with Crippen LogP contribution in [0.3, 0.4) is 0 Å². The van der Waals surface area contributed by atoms with Crippen molar-refractivity contribution in [2.75, 3.05) is 0 Å². The van der Waals surface area contributed by atoms with Gasteiger partial charge in [0.1, 0.15) is 0 Å². The van der Waals surface area contributed by atoms with Crippen LogP contribution in [0.1, 0.15) is 66.2 Å². The molecule has 0 aromatic carbocycles. The average molecular weight is 218 g/mol. The topological polar surface area (TPSA) is 34.9 Å². The predicted octanol–water partition coefficient (Wildman–Crippen LogP) is 2.60. The normalized spacial score (nSPS) is 21.4. The zero-order chi connectivity index (χ0) is 11.1. The van der Waals surface area contributed by atoms with E-state index in [9.17, 15) is 4.79 Å². The van der Waals surface area contributed by atoms with Crippen LogP contribution >= 0.6 is 0 Å². The van der Waals surface area contributed by atoms with Crippen molar-refractivity contribution in [1.29, 1.82) is 0 Å². The van der Waals surface area contributed by atoms with Crippen LogP contribution in [0.25, 0.3) is 0 Å². The fourth-order valence-electron chi connectivity index (χ4n) is 3.28. The summed E-state index contributed by atoms with van der Waals surface area (Å²) in [6.45, 7) is 0. The van der Waals surface area contributed by atoms with Crippen LogP contribution in [0.5, 0.6) is 0 Å². The molecule has 3 heteroatoms. The summed E-state index contributed by atoms with van der Waals surface area (Å²) in [5.74, 6) is 0.916. The Bertz CT molecular complexity index is 427. The maximum atomic E-state index is 12.0. The second-order valence-electron chi connectivity index (χ2n) is 5.09. The van der Waals surface area contributed by atoms with Crippen LogP contribution in [0.2, 0.25) is 0 Å². The van der Waals surface area contributed by atoms with Crippen molar-refractivity contribution in [2.45, 2.75) is 50.9 Å². The highest BCUT2D eigenvalue weighted by Crippen LogP contribution is 2.38. The van der Waals surface area contributed by atoms with Gasteiger partial charge in [0.15, 0.2) is 5.78 Å². The molecule has 1 aromatic rings. The van der Waals surface area contributed by atoms with E-state index >= 15 is 0 Å². The summed E-state index contributed by atoms with van der Waals surface area (Å²) in [7, 11) is 2.00. The highest BCUT2D eigenvalue weighted by molar-refractivity contribution is 5.99. The molecule has 0 aliphatic heterocycles. The van der Waals surface area contributed by atoms with Crippen molar-refractivity contribution < 1.29 is 4.79 Å². The van der Waals surface area contributed by atoms with Gasteiger partial charge in [0, 0.05) is 19.4 Å². The second kappa shape index (κ2) is 3.72. The van der Waals surface area contributed by atoms with E-state index in [0.717, 1.165) is 30.5 Å². The van der Waals surface area contributed by atoms with Crippen LogP contribution in [0, 0.1) is 0 Å². The summed E-state index contributed by atoms with van der Waals surface area (Å²) in [6.07, 6.45) is 7.77. The van der Waals surface area contributed by atoms with Gasteiger partial charge in [-0.3, -0.25) is 9.48 Å². The molecule has 0 unspecified atom stereocenters. The van der Waals surface area contributed by atoms with Crippen LogP contribution in [0.15, 0.2) is 0 Å². The van der Waals surface area contributed by atoms with Gasteiger partial charge in [-0.25, -0.2) is 0 Å². The Morgan fingerprint density at radius 2 is 1.94 bits per heavy atom. The highest BCUT2D eigenvalue weighted by Gasteiger charge is 2.31. The molecule has 2 aliphatic rings. The lowest BCUT2D eigenvalue weighted by Crippen LogP contribution is -2.13. The Labute approximate surface area is 95.8 Å². The van der Waals surface area contributed by atoms with E-state index < -0.39 is 0 Å². The monoisotopic (exact) mass is 218 g/mol. The molecule has 16 heavy (non-hydrogen) atoms. The van der Waals surface area contributed by atoms with Crippen molar-refractivity contribution >= 4 is 5.78 Å². The number of nitrogens with zero attached hydrogens (tertiary/aromatic N) is 2. The van der Waals surface area contributed by atoms with Crippen LogP contribution in [-0.4, -0.2) is 15.6 Å². The van der Waals surface area contributed by atoms with Crippen molar-refractivity contribution in [1.82, 2.24) is 9.78 Å². The number of carbonyl (C=O) groups excluding carboxylic acids is 1. The number of aromatic nitrogens is 2. The third kappa shape index (κ3) is 1.41. The lowest BCUT2D eigenvalue weighted by atomic mass is 9.89. The van der Waals surface area contributed by atoms with Gasteiger partial charge < -0.3 is 0 Å². The van der Waals surface area contributed by atoms with Gasteiger partial charge >= 0.3 is 0 Å². The summed E-state index contributed by atoms with van der Waals surface area (Å²) in [5.41, 5.74) is 3.28. The van der Waals surface area contributed by atoms with Gasteiger partial charge in [0.25, 0.3) is 0 Å². The Balaban J connectivity index is 2.09. The maximum Gasteiger partial charge on any atom is 0.166 e. The van der Waals surface area contributed by atoms with Crippen molar-refractivity contribution in [2.24, 2.45) is 7.05 Å². The van der Waals surface area contributed by atoms with E-state index in [2.05, 4.69) is 5.10 Å². The van der Waals surface area contributed by atoms with Gasteiger partial charge in [-0.15, -0.1) is 0 Å². The summed E-state index contributed by atoms with van der Waals surface area (Å²) in [4.78, 5) is 12.0. The van der Waals surface area contributed by atoms with E-state index in [-0.39, 0.29) is 0 Å². The summed E-state index contributed by atoms with van der Waals surface area (Å²) >= 11 is 0. The average Bonchev–Trinajstić information content (AvgIpc) is 2.84. The molecule has 3 nitrogen and oxygen atoms in total. The standard InChI is InChI=1S/C13H18N2O/c1-15-13(9-5-2-3-6-9)12-10(14-15)7-4-8-11(12)16/h9H,2-8H2,1H3. The molecule has 1 aromatic heterocycles. The van der Waals surface area contributed by atoms with Gasteiger partial charge in [-0.05, 0) is 25.7 Å². The van der Waals surface area contributed by atoms with Gasteiger partial charge in [0.2, 0.25) is 0 Å². The lowest BCUT2D eigenvalue weighted by molar-refractivity contribution is 0.0971. The number of ketones is 1. The number of aryl methyl sites for hydroxylation is 2. The number of fused-ring (bicyclic) bond motifs is 1. The minimum atomic E-state index is 0.330. The molecule has 0 bridgehead atoms. The van der Waals surface area contributed by atoms with Crippen LogP contribution in [0.4, 0.5) is 0 Å². The summed E-state index contributed by atoms with van der Waals surface area (Å²) in [6, 6.07) is 0. The fourth-order valence-corrected chi connectivity index (χ4v) is 3.28. The van der Waals surface area contributed by atoms with E-state index in [1.807, 2.05) is 11.7 Å². The molecule has 1 fully saturated rings. The number of hydrogen-bond donors (Lipinski definition) is 0. The Morgan fingerprint density at radius 3 is 2.69 bits per heavy atom. The zero-order valence-corrected chi connectivity index (χ0v) is 9.83. The first kappa shape index (κ1) is 10.1. The fraction of sp³-hybridized carbons (Fsp3) is 0.692. The minimum absolute atomic E-state index is 0.330. The maximum absolute atomic E-state index is 12.0. The SMILES string of the molecule is Cn1nc2c(c1C1CCCC1)C(=O)CCC2. The van der Waals surface area contributed by atoms with Crippen LogP contribution in [-0.2, 0) is 13.5 Å². The molecule has 1 saturated carbocycles. The molecule has 2 aliphatic carbocycles. The van der Waals surface area contributed by atoms with E-state index in [1.165, 1.54) is 31.4 Å². The predicted molar refractivity (Wildman–Crippen MR) is 61.7 cm³/mol. The quantitative estimate of drug-likeness (QED) is 0.726. The molecule has 0 amide bonds. The first-order chi connectivity index (χ1) is 7.77. The molecular formula is C13H18N2O. The van der Waals surface area contributed by atoms with Gasteiger partial charge in [-0.1, -0.05) is 12.8 Å². The number of Topliss-reactive ketones (excluding diaryl/α,β-unsaturated/α-hetero) is 1. The van der Waals surface area contributed by atoms with Gasteiger partial charge in [0.05, 0.1) is 17.0 Å². The third-order valence-corrected chi connectivity index (χ3v) is 4.00. The van der Waals surface area contributed by atoms with Crippen molar-refractivity contribution in [3.8, 4) is 0 Å². The molecule has 1 heterocycles. The van der Waals surface area contributed by atoms with E-state index in [0.29, 0.717) is 11.7 Å². The van der Waals surface area contributed by atoms with Crippen molar-refractivity contribution in [3.63, 3.8) is 0 Å². The van der Waals surface area contributed by atoms with E-state index in [4.69, 9.17) is 0 Å². The summed E-state index contributed by atoms with van der Waals surface area (Å²) < 4.78 is 1.98.